The molecule has 0 saturated carbocycles. The Bertz CT molecular complexity index is 2120. The fraction of sp³-hybridized carbons (Fsp3) is 0.318. The number of esters is 6. The lowest BCUT2D eigenvalue weighted by Gasteiger charge is -2.47. The zero-order chi connectivity index (χ0) is 43.5. The molecular weight excluding hydrogens is 800 g/mol. The van der Waals surface area contributed by atoms with Gasteiger partial charge in [0.25, 0.3) is 0 Å². The summed E-state index contributed by atoms with van der Waals surface area (Å²) in [4.78, 5) is 79.2. The maximum Gasteiger partial charge on any atom is 0.338 e. The van der Waals surface area contributed by atoms with E-state index >= 15 is 0 Å². The largest absolute Gasteiger partial charge is 0.463 e. The maximum absolute atomic E-state index is 13.9. The van der Waals surface area contributed by atoms with E-state index in [0.29, 0.717) is 0 Å². The number of hydrogen-bond acceptors (Lipinski definition) is 17. The number of carbonyl (C=O) groups excluding carboxylic acids is 6. The predicted molar refractivity (Wildman–Crippen MR) is 206 cm³/mol. The van der Waals surface area contributed by atoms with Gasteiger partial charge < -0.3 is 52.8 Å². The summed E-state index contributed by atoms with van der Waals surface area (Å²) in [7, 11) is 0. The van der Waals surface area contributed by atoms with Crippen LogP contribution >= 0.6 is 0 Å². The van der Waals surface area contributed by atoms with Gasteiger partial charge in [0, 0.05) is 13.8 Å². The van der Waals surface area contributed by atoms with Crippen molar-refractivity contribution in [2.45, 2.75) is 75.3 Å². The lowest BCUT2D eigenvalue weighted by molar-refractivity contribution is -0.354. The van der Waals surface area contributed by atoms with Gasteiger partial charge in [-0.25, -0.2) is 19.2 Å². The van der Waals surface area contributed by atoms with E-state index in [-0.39, 0.29) is 22.3 Å². The minimum Gasteiger partial charge on any atom is -0.463 e. The van der Waals surface area contributed by atoms with Crippen molar-refractivity contribution in [1.29, 1.82) is 0 Å². The van der Waals surface area contributed by atoms with Crippen LogP contribution in [0.1, 0.15) is 55.3 Å². The van der Waals surface area contributed by atoms with E-state index in [1.807, 2.05) is 0 Å². The third-order valence-electron chi connectivity index (χ3n) is 9.41. The van der Waals surface area contributed by atoms with Crippen molar-refractivity contribution in [3.63, 3.8) is 0 Å². The first-order valence-electron chi connectivity index (χ1n) is 19.0. The van der Waals surface area contributed by atoms with Crippen molar-refractivity contribution in [3.8, 4) is 0 Å². The molecule has 0 unspecified atom stereocenters. The SMILES string of the molecule is CC(=O)OC[C@H]1O[C@H](O)[C@H](O)[C@@H](O[C@@H]2O[C@H](COC(=O)c3ccccc3)[C@@H](OC(=O)c3ccccc3)[C@H](OC(=O)c3ccccc3)[C@H]2OC(=O)c2ccccc2)[C@@H]1OC(C)=O. The summed E-state index contributed by atoms with van der Waals surface area (Å²) in [5, 5.41) is 22.2. The van der Waals surface area contributed by atoms with Crippen molar-refractivity contribution in [2.24, 2.45) is 0 Å². The molecule has 0 spiro atoms. The molecule has 0 bridgehead atoms. The summed E-state index contributed by atoms with van der Waals surface area (Å²) in [5.74, 6) is -5.39. The van der Waals surface area contributed by atoms with Crippen LogP contribution in [0.3, 0.4) is 0 Å². The van der Waals surface area contributed by atoms with Crippen molar-refractivity contribution >= 4 is 35.8 Å². The Balaban J connectivity index is 1.46. The number of rotatable bonds is 14. The standard InChI is InChI=1S/C44H42O17/c1-25(45)53-23-31-34(55-26(2)46)36(33(47)43(52)56-31)61-44-38(60-42(51)30-21-13-6-14-22-30)37(59-41(50)29-19-11-5-12-20-29)35(58-40(49)28-17-9-4-10-18-28)32(57-44)24-54-39(48)27-15-7-3-8-16-27/h3-22,31-38,43-44,47,52H,23-24H2,1-2H3/t31-,32-,33-,34-,35-,36-,37+,38-,43+,44+/m1/s1. The first kappa shape index (κ1) is 44.1. The number of benzene rings is 4. The molecule has 0 amide bonds. The van der Waals surface area contributed by atoms with Crippen molar-refractivity contribution in [2.75, 3.05) is 13.2 Å². The van der Waals surface area contributed by atoms with Crippen LogP contribution in [0.4, 0.5) is 0 Å². The molecule has 2 heterocycles. The molecule has 61 heavy (non-hydrogen) atoms. The van der Waals surface area contributed by atoms with Crippen LogP contribution in [0, 0.1) is 0 Å². The Morgan fingerprint density at radius 2 is 0.852 bits per heavy atom. The molecular formula is C44H42O17. The number of aliphatic hydroxyl groups excluding tert-OH is 2. The topological polar surface area (TPSA) is 226 Å². The van der Waals surface area contributed by atoms with E-state index in [4.69, 9.17) is 42.6 Å². The zero-order valence-electron chi connectivity index (χ0n) is 32.8. The quantitative estimate of drug-likeness (QED) is 0.137. The van der Waals surface area contributed by atoms with Crippen LogP contribution in [-0.4, -0.2) is 121 Å². The normalized spacial score (nSPS) is 25.8. The van der Waals surface area contributed by atoms with E-state index in [2.05, 4.69) is 0 Å². The molecule has 17 heteroatoms. The van der Waals surface area contributed by atoms with Gasteiger partial charge in [-0.2, -0.15) is 0 Å². The van der Waals surface area contributed by atoms with Crippen LogP contribution in [-0.2, 0) is 52.2 Å². The number of aliphatic hydroxyl groups is 2. The van der Waals surface area contributed by atoms with Gasteiger partial charge in [0.05, 0.1) is 22.3 Å². The molecule has 2 fully saturated rings. The van der Waals surface area contributed by atoms with Crippen LogP contribution in [0.5, 0.6) is 0 Å². The highest BCUT2D eigenvalue weighted by atomic mass is 16.8. The Morgan fingerprint density at radius 1 is 0.459 bits per heavy atom. The zero-order valence-corrected chi connectivity index (χ0v) is 32.8. The molecule has 10 atom stereocenters. The van der Waals surface area contributed by atoms with Crippen LogP contribution in [0.25, 0.3) is 0 Å². The Labute approximate surface area is 348 Å². The Kier molecular flexibility index (Phi) is 14.9. The van der Waals surface area contributed by atoms with Gasteiger partial charge >= 0.3 is 35.8 Å². The molecule has 2 saturated heterocycles. The van der Waals surface area contributed by atoms with Crippen molar-refractivity contribution in [1.82, 2.24) is 0 Å². The third kappa shape index (κ3) is 11.4. The predicted octanol–water partition coefficient (Wildman–Crippen LogP) is 3.20. The molecule has 4 aromatic rings. The lowest BCUT2D eigenvalue weighted by Crippen LogP contribution is -2.67. The second-order valence-corrected chi connectivity index (χ2v) is 13.7. The molecule has 6 rings (SSSR count). The van der Waals surface area contributed by atoms with Gasteiger partial charge in [-0.15, -0.1) is 0 Å². The van der Waals surface area contributed by atoms with E-state index in [1.54, 1.807) is 72.8 Å². The van der Waals surface area contributed by atoms with Gasteiger partial charge in [0.15, 0.2) is 37.0 Å². The van der Waals surface area contributed by atoms with Gasteiger partial charge in [0.2, 0.25) is 0 Å². The maximum atomic E-state index is 13.9. The summed E-state index contributed by atoms with van der Waals surface area (Å²) in [6.45, 7) is 0.871. The van der Waals surface area contributed by atoms with E-state index in [0.717, 1.165) is 13.8 Å². The Hall–Kier alpha value is -6.50. The van der Waals surface area contributed by atoms with Gasteiger partial charge in [0.1, 0.15) is 37.6 Å². The van der Waals surface area contributed by atoms with Gasteiger partial charge in [-0.1, -0.05) is 72.8 Å². The minimum atomic E-state index is -2.03. The molecule has 320 valence electrons. The van der Waals surface area contributed by atoms with Crippen molar-refractivity contribution in [3.05, 3.63) is 144 Å². The summed E-state index contributed by atoms with van der Waals surface area (Å²) in [6.07, 6.45) is -17.9. The van der Waals surface area contributed by atoms with E-state index in [1.165, 1.54) is 48.5 Å². The number of carbonyl (C=O) groups is 6. The first-order chi connectivity index (χ1) is 29.4. The fourth-order valence-corrected chi connectivity index (χ4v) is 6.52. The lowest BCUT2D eigenvalue weighted by atomic mass is 9.96. The molecule has 17 nitrogen and oxygen atoms in total. The average Bonchev–Trinajstić information content (AvgIpc) is 3.27. The average molecular weight is 843 g/mol. The second-order valence-electron chi connectivity index (χ2n) is 13.7. The number of ether oxygens (including phenoxy) is 9. The smallest absolute Gasteiger partial charge is 0.338 e. The second kappa shape index (κ2) is 20.7. The van der Waals surface area contributed by atoms with E-state index < -0.39 is 110 Å². The summed E-state index contributed by atoms with van der Waals surface area (Å²) in [5.41, 5.74) is 0.264. The molecule has 2 aliphatic heterocycles. The third-order valence-corrected chi connectivity index (χ3v) is 9.41. The summed E-state index contributed by atoms with van der Waals surface area (Å²) in [6, 6.07) is 30.9. The van der Waals surface area contributed by atoms with Crippen molar-refractivity contribution < 1.29 is 81.6 Å². The number of hydrogen-bond donors (Lipinski definition) is 2. The molecule has 2 N–H and O–H groups in total. The van der Waals surface area contributed by atoms with Crippen LogP contribution < -0.4 is 0 Å². The molecule has 4 aromatic carbocycles. The Morgan fingerprint density at radius 3 is 1.31 bits per heavy atom. The van der Waals surface area contributed by atoms with Gasteiger partial charge in [-0.05, 0) is 48.5 Å². The molecule has 2 aliphatic rings. The molecule has 0 aliphatic carbocycles. The van der Waals surface area contributed by atoms with Gasteiger partial charge in [-0.3, -0.25) is 9.59 Å². The first-order valence-corrected chi connectivity index (χ1v) is 19.0. The van der Waals surface area contributed by atoms with E-state index in [9.17, 15) is 39.0 Å². The monoisotopic (exact) mass is 842 g/mol. The summed E-state index contributed by atoms with van der Waals surface area (Å²) < 4.78 is 52.4. The molecule has 0 aromatic heterocycles. The van der Waals surface area contributed by atoms with Crippen LogP contribution in [0.15, 0.2) is 121 Å². The molecule has 0 radical (unpaired) electrons. The minimum absolute atomic E-state index is 0.0203. The fourth-order valence-electron chi connectivity index (χ4n) is 6.52. The summed E-state index contributed by atoms with van der Waals surface area (Å²) >= 11 is 0. The highest BCUT2D eigenvalue weighted by Crippen LogP contribution is 2.35. The highest BCUT2D eigenvalue weighted by molar-refractivity contribution is 5.91. The highest BCUT2D eigenvalue weighted by Gasteiger charge is 2.57. The van der Waals surface area contributed by atoms with Crippen LogP contribution in [0.2, 0.25) is 0 Å².